The van der Waals surface area contributed by atoms with E-state index in [0.29, 0.717) is 13.2 Å². The minimum atomic E-state index is -0.336. The van der Waals surface area contributed by atoms with E-state index in [1.165, 1.54) is 19.3 Å². The number of alkyl carbamates (subject to hydrolysis) is 1. The van der Waals surface area contributed by atoms with Crippen LogP contribution in [0.3, 0.4) is 0 Å². The molecule has 0 bridgehead atoms. The van der Waals surface area contributed by atoms with Gasteiger partial charge in [0.15, 0.2) is 0 Å². The van der Waals surface area contributed by atoms with Crippen molar-refractivity contribution in [1.82, 2.24) is 5.32 Å². The van der Waals surface area contributed by atoms with Gasteiger partial charge in [-0.3, -0.25) is 0 Å². The predicted octanol–water partition coefficient (Wildman–Crippen LogP) is 3.21. The van der Waals surface area contributed by atoms with Crippen molar-refractivity contribution in [3.05, 3.63) is 35.9 Å². The quantitative estimate of drug-likeness (QED) is 0.646. The normalized spacial score (nSPS) is 10.2. The van der Waals surface area contributed by atoms with Gasteiger partial charge in [0, 0.05) is 6.54 Å². The van der Waals surface area contributed by atoms with Crippen molar-refractivity contribution < 1.29 is 9.53 Å². The van der Waals surface area contributed by atoms with Crippen LogP contribution in [0.15, 0.2) is 30.3 Å². The lowest BCUT2D eigenvalue weighted by Crippen LogP contribution is -2.25. The van der Waals surface area contributed by atoms with Crippen LogP contribution in [-0.2, 0) is 11.3 Å². The van der Waals surface area contributed by atoms with E-state index in [1.807, 2.05) is 30.3 Å². The molecule has 4 nitrogen and oxygen atoms in total. The SMILES string of the molecule is NCCCCCCCCNC(=O)OCc1ccccc1. The first-order valence-corrected chi connectivity index (χ1v) is 7.47. The molecule has 0 aliphatic carbocycles. The fraction of sp³-hybridized carbons (Fsp3) is 0.562. The van der Waals surface area contributed by atoms with Crippen LogP contribution in [0.2, 0.25) is 0 Å². The van der Waals surface area contributed by atoms with Crippen molar-refractivity contribution in [2.24, 2.45) is 5.73 Å². The highest BCUT2D eigenvalue weighted by Crippen LogP contribution is 2.04. The first-order valence-electron chi connectivity index (χ1n) is 7.47. The Morgan fingerprint density at radius 3 is 2.35 bits per heavy atom. The van der Waals surface area contributed by atoms with Crippen LogP contribution in [0.4, 0.5) is 4.79 Å². The summed E-state index contributed by atoms with van der Waals surface area (Å²) in [6, 6.07) is 9.68. The molecule has 1 aromatic carbocycles. The molecule has 0 heterocycles. The van der Waals surface area contributed by atoms with Gasteiger partial charge in [0.25, 0.3) is 0 Å². The third-order valence-electron chi connectivity index (χ3n) is 3.11. The predicted molar refractivity (Wildman–Crippen MR) is 81.4 cm³/mol. The van der Waals surface area contributed by atoms with Crippen LogP contribution in [0.1, 0.15) is 44.1 Å². The lowest BCUT2D eigenvalue weighted by molar-refractivity contribution is 0.139. The molecule has 0 aromatic heterocycles. The summed E-state index contributed by atoms with van der Waals surface area (Å²) in [5.74, 6) is 0. The van der Waals surface area contributed by atoms with Gasteiger partial charge in [0.2, 0.25) is 0 Å². The summed E-state index contributed by atoms with van der Waals surface area (Å²) < 4.78 is 5.12. The Balaban J connectivity index is 1.93. The van der Waals surface area contributed by atoms with Crippen molar-refractivity contribution in [3.63, 3.8) is 0 Å². The Bertz CT molecular complexity index is 355. The average molecular weight is 278 g/mol. The molecule has 0 radical (unpaired) electrons. The van der Waals surface area contributed by atoms with Gasteiger partial charge in [-0.25, -0.2) is 4.79 Å². The average Bonchev–Trinajstić information content (AvgIpc) is 2.49. The number of ether oxygens (including phenoxy) is 1. The first kappa shape index (κ1) is 16.5. The lowest BCUT2D eigenvalue weighted by atomic mass is 10.1. The topological polar surface area (TPSA) is 64.3 Å². The molecular weight excluding hydrogens is 252 g/mol. The zero-order chi connectivity index (χ0) is 14.5. The van der Waals surface area contributed by atoms with E-state index in [0.717, 1.165) is 31.4 Å². The van der Waals surface area contributed by atoms with E-state index in [4.69, 9.17) is 10.5 Å². The smallest absolute Gasteiger partial charge is 0.407 e. The zero-order valence-electron chi connectivity index (χ0n) is 12.1. The van der Waals surface area contributed by atoms with Crippen molar-refractivity contribution in [1.29, 1.82) is 0 Å². The van der Waals surface area contributed by atoms with Gasteiger partial charge in [0.1, 0.15) is 6.61 Å². The molecule has 20 heavy (non-hydrogen) atoms. The summed E-state index contributed by atoms with van der Waals surface area (Å²) in [6.07, 6.45) is 6.58. The van der Waals surface area contributed by atoms with E-state index < -0.39 is 0 Å². The molecule has 112 valence electrons. The highest BCUT2D eigenvalue weighted by molar-refractivity contribution is 5.67. The highest BCUT2D eigenvalue weighted by Gasteiger charge is 2.01. The molecule has 0 spiro atoms. The second kappa shape index (κ2) is 11.3. The molecule has 0 unspecified atom stereocenters. The number of carbonyl (C=O) groups is 1. The minimum absolute atomic E-state index is 0.325. The summed E-state index contributed by atoms with van der Waals surface area (Å²) in [6.45, 7) is 1.80. The molecule has 3 N–H and O–H groups in total. The summed E-state index contributed by atoms with van der Waals surface area (Å²) in [7, 11) is 0. The Morgan fingerprint density at radius 1 is 1.00 bits per heavy atom. The van der Waals surface area contributed by atoms with Crippen LogP contribution in [0.25, 0.3) is 0 Å². The molecule has 1 aromatic rings. The fourth-order valence-corrected chi connectivity index (χ4v) is 1.94. The summed E-state index contributed by atoms with van der Waals surface area (Å²) in [5, 5.41) is 2.77. The Labute approximate surface area is 121 Å². The van der Waals surface area contributed by atoms with Gasteiger partial charge in [-0.1, -0.05) is 56.0 Å². The van der Waals surface area contributed by atoms with E-state index in [2.05, 4.69) is 5.32 Å². The molecule has 1 amide bonds. The van der Waals surface area contributed by atoms with Crippen molar-refractivity contribution in [3.8, 4) is 0 Å². The van der Waals surface area contributed by atoms with Crippen molar-refractivity contribution in [2.75, 3.05) is 13.1 Å². The maximum atomic E-state index is 11.4. The monoisotopic (exact) mass is 278 g/mol. The Kier molecular flexibility index (Phi) is 9.32. The molecule has 0 saturated carbocycles. The molecule has 0 aliphatic rings. The van der Waals surface area contributed by atoms with Crippen molar-refractivity contribution >= 4 is 6.09 Å². The number of unbranched alkanes of at least 4 members (excludes halogenated alkanes) is 5. The minimum Gasteiger partial charge on any atom is -0.445 e. The number of nitrogens with one attached hydrogen (secondary N) is 1. The second-order valence-corrected chi connectivity index (χ2v) is 4.90. The van der Waals surface area contributed by atoms with Gasteiger partial charge >= 0.3 is 6.09 Å². The standard InChI is InChI=1S/C16H26N2O2/c17-12-8-3-1-2-4-9-13-18-16(19)20-14-15-10-6-5-7-11-15/h5-7,10-11H,1-4,8-9,12-14,17H2,(H,18,19). The molecule has 0 atom stereocenters. The zero-order valence-corrected chi connectivity index (χ0v) is 12.1. The van der Waals surface area contributed by atoms with Crippen molar-refractivity contribution in [2.45, 2.75) is 45.1 Å². The highest BCUT2D eigenvalue weighted by atomic mass is 16.5. The van der Waals surface area contributed by atoms with Crippen LogP contribution < -0.4 is 11.1 Å². The molecule has 0 fully saturated rings. The van der Waals surface area contributed by atoms with Crippen LogP contribution in [0.5, 0.6) is 0 Å². The molecule has 4 heteroatoms. The number of hydrogen-bond donors (Lipinski definition) is 2. The molecule has 1 rings (SSSR count). The number of hydrogen-bond acceptors (Lipinski definition) is 3. The maximum Gasteiger partial charge on any atom is 0.407 e. The van der Waals surface area contributed by atoms with Gasteiger partial charge in [-0.15, -0.1) is 0 Å². The summed E-state index contributed by atoms with van der Waals surface area (Å²) in [5.41, 5.74) is 6.44. The second-order valence-electron chi connectivity index (χ2n) is 4.90. The number of carbonyl (C=O) groups excluding carboxylic acids is 1. The van der Waals surface area contributed by atoms with Crippen LogP contribution >= 0.6 is 0 Å². The first-order chi connectivity index (χ1) is 9.83. The Morgan fingerprint density at radius 2 is 1.65 bits per heavy atom. The van der Waals surface area contributed by atoms with Crippen LogP contribution in [0, 0.1) is 0 Å². The Hall–Kier alpha value is -1.55. The third-order valence-corrected chi connectivity index (χ3v) is 3.11. The van der Waals surface area contributed by atoms with Crippen LogP contribution in [-0.4, -0.2) is 19.2 Å². The van der Waals surface area contributed by atoms with Gasteiger partial charge < -0.3 is 15.8 Å². The van der Waals surface area contributed by atoms with Gasteiger partial charge in [-0.2, -0.15) is 0 Å². The largest absolute Gasteiger partial charge is 0.445 e. The number of amides is 1. The fourth-order valence-electron chi connectivity index (χ4n) is 1.94. The maximum absolute atomic E-state index is 11.4. The lowest BCUT2D eigenvalue weighted by Gasteiger charge is -2.07. The summed E-state index contributed by atoms with van der Waals surface area (Å²) >= 11 is 0. The van der Waals surface area contributed by atoms with E-state index in [1.54, 1.807) is 0 Å². The number of nitrogens with two attached hydrogens (primary N) is 1. The van der Waals surface area contributed by atoms with Gasteiger partial charge in [-0.05, 0) is 24.9 Å². The van der Waals surface area contributed by atoms with E-state index in [-0.39, 0.29) is 6.09 Å². The number of benzene rings is 1. The van der Waals surface area contributed by atoms with E-state index >= 15 is 0 Å². The number of rotatable bonds is 10. The molecular formula is C16H26N2O2. The summed E-state index contributed by atoms with van der Waals surface area (Å²) in [4.78, 5) is 11.4. The molecule has 0 aliphatic heterocycles. The van der Waals surface area contributed by atoms with E-state index in [9.17, 15) is 4.79 Å². The van der Waals surface area contributed by atoms with Gasteiger partial charge in [0.05, 0.1) is 0 Å². The molecule has 0 saturated heterocycles. The third kappa shape index (κ3) is 8.53.